The maximum Gasteiger partial charge on any atom is 0.245 e. The molecule has 7 nitrogen and oxygen atoms in total. The number of hydrogen-bond donors (Lipinski definition) is 2. The lowest BCUT2D eigenvalue weighted by molar-refractivity contribution is 0.416. The van der Waals surface area contributed by atoms with Crippen LogP contribution in [0, 0.1) is 6.92 Å². The molecular weight excluding hydrogens is 244 g/mol. The standard InChI is InChI=1S/C12H18N6O/c1-7-10(19-6-14-7)11-15-12(17-16-11)18-5-3-4-9(13)8(18)2/h6,8-9H,3-5,13H2,1-2H3,(H,15,16,17). The Hall–Kier alpha value is -1.89. The SMILES string of the molecule is Cc1ncoc1-c1nc(N2CCCC(N)C2C)n[nH]1. The van der Waals surface area contributed by atoms with Crippen molar-refractivity contribution in [3.63, 3.8) is 0 Å². The van der Waals surface area contributed by atoms with Crippen molar-refractivity contribution in [2.75, 3.05) is 11.4 Å². The molecule has 102 valence electrons. The van der Waals surface area contributed by atoms with E-state index in [1.807, 2.05) is 6.92 Å². The van der Waals surface area contributed by atoms with Crippen LogP contribution in [0.25, 0.3) is 11.6 Å². The summed E-state index contributed by atoms with van der Waals surface area (Å²) in [6.45, 7) is 4.92. The van der Waals surface area contributed by atoms with Crippen LogP contribution in [0.4, 0.5) is 5.95 Å². The van der Waals surface area contributed by atoms with Crippen molar-refractivity contribution in [2.24, 2.45) is 5.73 Å². The monoisotopic (exact) mass is 262 g/mol. The summed E-state index contributed by atoms with van der Waals surface area (Å²) in [7, 11) is 0. The summed E-state index contributed by atoms with van der Waals surface area (Å²) in [5.41, 5.74) is 6.89. The number of rotatable bonds is 2. The zero-order valence-electron chi connectivity index (χ0n) is 11.1. The molecule has 3 N–H and O–H groups in total. The molecule has 0 amide bonds. The van der Waals surface area contributed by atoms with Gasteiger partial charge in [0.05, 0.1) is 5.69 Å². The van der Waals surface area contributed by atoms with E-state index in [1.165, 1.54) is 6.39 Å². The largest absolute Gasteiger partial charge is 0.440 e. The second-order valence-corrected chi connectivity index (χ2v) is 4.99. The molecule has 2 unspecified atom stereocenters. The van der Waals surface area contributed by atoms with Gasteiger partial charge in [-0.1, -0.05) is 0 Å². The Kier molecular flexibility index (Phi) is 2.98. The van der Waals surface area contributed by atoms with Crippen LogP contribution < -0.4 is 10.6 Å². The summed E-state index contributed by atoms with van der Waals surface area (Å²) in [4.78, 5) is 10.7. The number of aromatic amines is 1. The molecule has 0 saturated carbocycles. The van der Waals surface area contributed by atoms with Crippen LogP contribution in [0.1, 0.15) is 25.5 Å². The van der Waals surface area contributed by atoms with Gasteiger partial charge in [-0.15, -0.1) is 5.10 Å². The van der Waals surface area contributed by atoms with E-state index in [2.05, 4.69) is 32.0 Å². The fourth-order valence-corrected chi connectivity index (χ4v) is 2.47. The van der Waals surface area contributed by atoms with Crippen molar-refractivity contribution in [1.29, 1.82) is 0 Å². The zero-order chi connectivity index (χ0) is 13.4. The van der Waals surface area contributed by atoms with Crippen LogP contribution in [-0.2, 0) is 0 Å². The minimum Gasteiger partial charge on any atom is -0.440 e. The van der Waals surface area contributed by atoms with Crippen molar-refractivity contribution in [2.45, 2.75) is 38.8 Å². The zero-order valence-corrected chi connectivity index (χ0v) is 11.1. The average molecular weight is 262 g/mol. The predicted octanol–water partition coefficient (Wildman–Crippen LogP) is 1.08. The summed E-state index contributed by atoms with van der Waals surface area (Å²) >= 11 is 0. The number of piperidine rings is 1. The summed E-state index contributed by atoms with van der Waals surface area (Å²) in [6.07, 6.45) is 3.53. The molecule has 2 aromatic rings. The third-order valence-electron chi connectivity index (χ3n) is 3.74. The fraction of sp³-hybridized carbons (Fsp3) is 0.583. The Morgan fingerprint density at radius 1 is 1.53 bits per heavy atom. The van der Waals surface area contributed by atoms with E-state index in [1.54, 1.807) is 0 Å². The Morgan fingerprint density at radius 3 is 3.11 bits per heavy atom. The molecule has 0 bridgehead atoms. The molecule has 1 saturated heterocycles. The lowest BCUT2D eigenvalue weighted by Gasteiger charge is -2.36. The average Bonchev–Trinajstić information content (AvgIpc) is 3.01. The van der Waals surface area contributed by atoms with Gasteiger partial charge in [0.2, 0.25) is 5.95 Å². The lowest BCUT2D eigenvalue weighted by atomic mass is 9.99. The highest BCUT2D eigenvalue weighted by atomic mass is 16.3. The molecule has 0 spiro atoms. The predicted molar refractivity (Wildman–Crippen MR) is 70.6 cm³/mol. The molecule has 1 aliphatic heterocycles. The fourth-order valence-electron chi connectivity index (χ4n) is 2.47. The van der Waals surface area contributed by atoms with Gasteiger partial charge in [-0.3, -0.25) is 5.10 Å². The smallest absolute Gasteiger partial charge is 0.245 e. The van der Waals surface area contributed by atoms with Crippen molar-refractivity contribution >= 4 is 5.95 Å². The highest BCUT2D eigenvalue weighted by Crippen LogP contribution is 2.24. The Bertz CT molecular complexity index is 562. The van der Waals surface area contributed by atoms with E-state index >= 15 is 0 Å². The van der Waals surface area contributed by atoms with Crippen LogP contribution >= 0.6 is 0 Å². The second kappa shape index (κ2) is 4.65. The molecule has 19 heavy (non-hydrogen) atoms. The number of oxazole rings is 1. The minimum atomic E-state index is 0.169. The number of aryl methyl sites for hydroxylation is 1. The van der Waals surface area contributed by atoms with Gasteiger partial charge in [0, 0.05) is 18.6 Å². The van der Waals surface area contributed by atoms with E-state index in [0.29, 0.717) is 17.5 Å². The first-order valence-electron chi connectivity index (χ1n) is 6.52. The summed E-state index contributed by atoms with van der Waals surface area (Å²) in [5, 5.41) is 7.17. The highest BCUT2D eigenvalue weighted by Gasteiger charge is 2.28. The second-order valence-electron chi connectivity index (χ2n) is 4.99. The summed E-state index contributed by atoms with van der Waals surface area (Å²) in [5.74, 6) is 1.91. The molecule has 3 rings (SSSR count). The number of nitrogens with one attached hydrogen (secondary N) is 1. The normalized spacial score (nSPS) is 23.8. The van der Waals surface area contributed by atoms with E-state index in [9.17, 15) is 0 Å². The van der Waals surface area contributed by atoms with Gasteiger partial charge < -0.3 is 15.1 Å². The lowest BCUT2D eigenvalue weighted by Crippen LogP contribution is -2.50. The van der Waals surface area contributed by atoms with Gasteiger partial charge in [0.25, 0.3) is 0 Å². The van der Waals surface area contributed by atoms with Crippen LogP contribution in [0.15, 0.2) is 10.8 Å². The van der Waals surface area contributed by atoms with Crippen molar-refractivity contribution < 1.29 is 4.42 Å². The van der Waals surface area contributed by atoms with Gasteiger partial charge in [-0.05, 0) is 26.7 Å². The van der Waals surface area contributed by atoms with E-state index in [0.717, 1.165) is 25.1 Å². The van der Waals surface area contributed by atoms with Crippen molar-refractivity contribution in [3.05, 3.63) is 12.1 Å². The molecule has 2 aromatic heterocycles. The van der Waals surface area contributed by atoms with E-state index in [-0.39, 0.29) is 12.1 Å². The third kappa shape index (κ3) is 2.10. The first-order chi connectivity index (χ1) is 9.16. The Morgan fingerprint density at radius 2 is 2.37 bits per heavy atom. The highest BCUT2D eigenvalue weighted by molar-refractivity contribution is 5.51. The number of hydrogen-bond acceptors (Lipinski definition) is 6. The quantitative estimate of drug-likeness (QED) is 0.840. The summed E-state index contributed by atoms with van der Waals surface area (Å²) < 4.78 is 5.31. The Labute approximate surface area is 111 Å². The number of nitrogens with zero attached hydrogens (tertiary/aromatic N) is 4. The molecule has 7 heteroatoms. The van der Waals surface area contributed by atoms with Gasteiger partial charge in [-0.2, -0.15) is 4.98 Å². The maximum atomic E-state index is 6.10. The summed E-state index contributed by atoms with van der Waals surface area (Å²) in [6, 6.07) is 0.413. The molecule has 0 radical (unpaired) electrons. The third-order valence-corrected chi connectivity index (χ3v) is 3.74. The van der Waals surface area contributed by atoms with Gasteiger partial charge in [0.1, 0.15) is 0 Å². The van der Waals surface area contributed by atoms with Gasteiger partial charge in [-0.25, -0.2) is 4.98 Å². The minimum absolute atomic E-state index is 0.169. The van der Waals surface area contributed by atoms with Crippen LogP contribution in [0.3, 0.4) is 0 Å². The molecule has 1 fully saturated rings. The van der Waals surface area contributed by atoms with Gasteiger partial charge >= 0.3 is 0 Å². The number of H-pyrrole nitrogens is 1. The number of anilines is 1. The van der Waals surface area contributed by atoms with Crippen LogP contribution in [0.2, 0.25) is 0 Å². The first-order valence-corrected chi connectivity index (χ1v) is 6.52. The Balaban J connectivity index is 1.87. The topological polar surface area (TPSA) is 96.9 Å². The van der Waals surface area contributed by atoms with Crippen molar-refractivity contribution in [3.8, 4) is 11.6 Å². The van der Waals surface area contributed by atoms with E-state index < -0.39 is 0 Å². The molecular formula is C12H18N6O. The van der Waals surface area contributed by atoms with E-state index in [4.69, 9.17) is 10.2 Å². The molecule has 2 atom stereocenters. The van der Waals surface area contributed by atoms with Crippen molar-refractivity contribution in [1.82, 2.24) is 20.2 Å². The molecule has 0 aliphatic carbocycles. The van der Waals surface area contributed by atoms with Crippen LogP contribution in [0.5, 0.6) is 0 Å². The van der Waals surface area contributed by atoms with Crippen LogP contribution in [-0.4, -0.2) is 38.8 Å². The number of aromatic nitrogens is 4. The first kappa shape index (κ1) is 12.2. The maximum absolute atomic E-state index is 6.10. The molecule has 3 heterocycles. The molecule has 1 aliphatic rings. The molecule has 0 aromatic carbocycles. The number of nitrogens with two attached hydrogens (primary N) is 1. The van der Waals surface area contributed by atoms with Gasteiger partial charge in [0.15, 0.2) is 18.0 Å².